The molecule has 0 aromatic heterocycles. The predicted molar refractivity (Wildman–Crippen MR) is 66.7 cm³/mol. The van der Waals surface area contributed by atoms with Gasteiger partial charge < -0.3 is 10.8 Å². The minimum absolute atomic E-state index is 0. The van der Waals surface area contributed by atoms with E-state index in [9.17, 15) is 5.11 Å². The Bertz CT molecular complexity index is 317. The molecular weight excluding hydrogens is 233 g/mol. The van der Waals surface area contributed by atoms with Crippen LogP contribution < -0.4 is 5.73 Å². The van der Waals surface area contributed by atoms with Crippen LogP contribution in [-0.4, -0.2) is 5.11 Å². The van der Waals surface area contributed by atoms with Gasteiger partial charge >= 0.3 is 0 Å². The first-order chi connectivity index (χ1) is 6.56. The highest BCUT2D eigenvalue weighted by molar-refractivity contribution is 6.30. The van der Waals surface area contributed by atoms with Crippen LogP contribution in [0.1, 0.15) is 31.9 Å². The highest BCUT2D eigenvalue weighted by Crippen LogP contribution is 2.30. The van der Waals surface area contributed by atoms with E-state index in [4.69, 9.17) is 17.3 Å². The van der Waals surface area contributed by atoms with Gasteiger partial charge in [-0.2, -0.15) is 0 Å². The van der Waals surface area contributed by atoms with Crippen LogP contribution >= 0.6 is 24.0 Å². The third-order valence-electron chi connectivity index (χ3n) is 2.61. The zero-order chi connectivity index (χ0) is 10.7. The quantitative estimate of drug-likeness (QED) is 0.862. The van der Waals surface area contributed by atoms with Crippen LogP contribution in [0.2, 0.25) is 5.02 Å². The van der Waals surface area contributed by atoms with Crippen LogP contribution in [0.3, 0.4) is 0 Å². The Kier molecular flexibility index (Phi) is 6.03. The van der Waals surface area contributed by atoms with Crippen LogP contribution in [0.15, 0.2) is 18.2 Å². The lowest BCUT2D eigenvalue weighted by atomic mass is 9.93. The molecule has 2 atom stereocenters. The molecule has 2 nitrogen and oxygen atoms in total. The number of benzene rings is 1. The number of nitrogens with two attached hydrogens (primary N) is 1. The van der Waals surface area contributed by atoms with Gasteiger partial charge in [0, 0.05) is 16.6 Å². The Morgan fingerprint density at radius 3 is 2.60 bits per heavy atom. The molecule has 0 spiro atoms. The molecule has 0 aliphatic rings. The second-order valence-electron chi connectivity index (χ2n) is 3.61. The summed E-state index contributed by atoms with van der Waals surface area (Å²) in [7, 11) is 0. The summed E-state index contributed by atoms with van der Waals surface area (Å²) in [5.41, 5.74) is 6.73. The third-order valence-corrected chi connectivity index (χ3v) is 2.84. The van der Waals surface area contributed by atoms with Crippen LogP contribution in [0.5, 0.6) is 5.75 Å². The van der Waals surface area contributed by atoms with Crippen molar-refractivity contribution in [3.05, 3.63) is 28.8 Å². The molecule has 86 valence electrons. The molecule has 0 heterocycles. The number of hydrogen-bond acceptors (Lipinski definition) is 2. The van der Waals surface area contributed by atoms with Crippen LogP contribution in [0, 0.1) is 5.92 Å². The van der Waals surface area contributed by atoms with Crippen molar-refractivity contribution in [2.45, 2.75) is 26.3 Å². The van der Waals surface area contributed by atoms with E-state index < -0.39 is 0 Å². The summed E-state index contributed by atoms with van der Waals surface area (Å²) >= 11 is 5.84. The first-order valence-electron chi connectivity index (χ1n) is 4.80. The van der Waals surface area contributed by atoms with E-state index >= 15 is 0 Å². The fourth-order valence-corrected chi connectivity index (χ4v) is 1.53. The second-order valence-corrected chi connectivity index (χ2v) is 4.05. The molecule has 1 unspecified atom stereocenters. The molecule has 0 aliphatic heterocycles. The van der Waals surface area contributed by atoms with Crippen LogP contribution in [-0.2, 0) is 0 Å². The second kappa shape index (κ2) is 6.21. The molecule has 0 saturated carbocycles. The summed E-state index contributed by atoms with van der Waals surface area (Å²) in [6, 6.07) is 4.82. The minimum Gasteiger partial charge on any atom is -0.508 e. The Morgan fingerprint density at radius 1 is 1.47 bits per heavy atom. The van der Waals surface area contributed by atoms with E-state index in [0.717, 1.165) is 12.0 Å². The van der Waals surface area contributed by atoms with E-state index in [1.54, 1.807) is 18.2 Å². The van der Waals surface area contributed by atoms with Gasteiger partial charge in [0.2, 0.25) is 0 Å². The first kappa shape index (κ1) is 14.6. The topological polar surface area (TPSA) is 46.2 Å². The van der Waals surface area contributed by atoms with Gasteiger partial charge in [-0.05, 0) is 24.1 Å². The molecule has 1 aromatic carbocycles. The Morgan fingerprint density at radius 2 is 2.07 bits per heavy atom. The third kappa shape index (κ3) is 3.56. The maximum atomic E-state index is 9.61. The van der Waals surface area contributed by atoms with Crippen LogP contribution in [0.25, 0.3) is 0 Å². The molecule has 0 aliphatic carbocycles. The van der Waals surface area contributed by atoms with Gasteiger partial charge in [0.25, 0.3) is 0 Å². The number of aromatic hydroxyl groups is 1. The molecule has 3 N–H and O–H groups in total. The highest BCUT2D eigenvalue weighted by Gasteiger charge is 2.16. The lowest BCUT2D eigenvalue weighted by Crippen LogP contribution is -2.18. The predicted octanol–water partition coefficient (Wildman–Crippen LogP) is 3.51. The van der Waals surface area contributed by atoms with Crippen molar-refractivity contribution in [3.63, 3.8) is 0 Å². The Hall–Kier alpha value is -0.440. The van der Waals surface area contributed by atoms with Crippen molar-refractivity contribution in [1.82, 2.24) is 0 Å². The SMILES string of the molecule is CCC(C)[C@H](N)c1cc(Cl)ccc1O.Cl. The average molecular weight is 250 g/mol. The first-order valence-corrected chi connectivity index (χ1v) is 5.18. The maximum absolute atomic E-state index is 9.61. The van der Waals surface area contributed by atoms with Gasteiger partial charge in [0.05, 0.1) is 0 Å². The minimum atomic E-state index is -0.154. The molecule has 0 bridgehead atoms. The molecule has 1 aromatic rings. The monoisotopic (exact) mass is 249 g/mol. The zero-order valence-corrected chi connectivity index (χ0v) is 10.5. The van der Waals surface area contributed by atoms with E-state index in [0.29, 0.717) is 10.9 Å². The van der Waals surface area contributed by atoms with E-state index in [2.05, 4.69) is 13.8 Å². The van der Waals surface area contributed by atoms with Gasteiger partial charge in [-0.3, -0.25) is 0 Å². The molecule has 0 fully saturated rings. The molecule has 0 radical (unpaired) electrons. The van der Waals surface area contributed by atoms with Crippen LogP contribution in [0.4, 0.5) is 0 Å². The standard InChI is InChI=1S/C11H16ClNO.ClH/c1-3-7(2)11(13)9-6-8(12)4-5-10(9)14;/h4-7,11,14H,3,13H2,1-2H3;1H/t7?,11-;/m0./s1. The maximum Gasteiger partial charge on any atom is 0.120 e. The lowest BCUT2D eigenvalue weighted by molar-refractivity contribution is 0.419. The van der Waals surface area contributed by atoms with Crippen molar-refractivity contribution in [3.8, 4) is 5.75 Å². The zero-order valence-electron chi connectivity index (χ0n) is 8.90. The largest absolute Gasteiger partial charge is 0.508 e. The summed E-state index contributed by atoms with van der Waals surface area (Å²) in [6.45, 7) is 4.14. The van der Waals surface area contributed by atoms with Crippen molar-refractivity contribution in [2.24, 2.45) is 11.7 Å². The number of rotatable bonds is 3. The summed E-state index contributed by atoms with van der Waals surface area (Å²) in [4.78, 5) is 0. The van der Waals surface area contributed by atoms with Gasteiger partial charge in [-0.25, -0.2) is 0 Å². The Labute approximate surface area is 102 Å². The van der Waals surface area contributed by atoms with Gasteiger partial charge in [-0.1, -0.05) is 31.9 Å². The number of halogens is 2. The smallest absolute Gasteiger partial charge is 0.120 e. The summed E-state index contributed by atoms with van der Waals surface area (Å²) < 4.78 is 0. The number of phenols is 1. The number of hydrogen-bond donors (Lipinski definition) is 2. The van der Waals surface area contributed by atoms with Gasteiger partial charge in [0.1, 0.15) is 5.75 Å². The van der Waals surface area contributed by atoms with Gasteiger partial charge in [-0.15, -0.1) is 12.4 Å². The van der Waals surface area contributed by atoms with Gasteiger partial charge in [0.15, 0.2) is 0 Å². The van der Waals surface area contributed by atoms with Crippen molar-refractivity contribution in [2.75, 3.05) is 0 Å². The number of phenolic OH excluding ortho intramolecular Hbond substituents is 1. The summed E-state index contributed by atoms with van der Waals surface area (Å²) in [5.74, 6) is 0.557. The van der Waals surface area contributed by atoms with E-state index in [-0.39, 0.29) is 24.2 Å². The summed E-state index contributed by atoms with van der Waals surface area (Å²) in [5, 5.41) is 10.2. The lowest BCUT2D eigenvalue weighted by Gasteiger charge is -2.19. The molecular formula is C11H17Cl2NO. The molecule has 4 heteroatoms. The van der Waals surface area contributed by atoms with E-state index in [1.807, 2.05) is 0 Å². The molecule has 0 amide bonds. The van der Waals surface area contributed by atoms with Crippen molar-refractivity contribution < 1.29 is 5.11 Å². The fraction of sp³-hybridized carbons (Fsp3) is 0.455. The Balaban J connectivity index is 0.00000196. The highest BCUT2D eigenvalue weighted by atomic mass is 35.5. The fourth-order valence-electron chi connectivity index (χ4n) is 1.35. The summed E-state index contributed by atoms with van der Waals surface area (Å²) in [6.07, 6.45) is 0.979. The molecule has 1 rings (SSSR count). The van der Waals surface area contributed by atoms with Crippen molar-refractivity contribution in [1.29, 1.82) is 0 Å². The van der Waals surface area contributed by atoms with Crippen molar-refractivity contribution >= 4 is 24.0 Å². The van der Waals surface area contributed by atoms with E-state index in [1.165, 1.54) is 0 Å². The molecule has 15 heavy (non-hydrogen) atoms. The average Bonchev–Trinajstić information content (AvgIpc) is 2.19. The normalized spacial score (nSPS) is 14.1. The molecule has 0 saturated heterocycles.